The smallest absolute Gasteiger partial charge is 0.287 e. The van der Waals surface area contributed by atoms with E-state index >= 15 is 0 Å². The number of anilines is 1. The van der Waals surface area contributed by atoms with Crippen LogP contribution in [-0.4, -0.2) is 17.5 Å². The third-order valence-corrected chi connectivity index (χ3v) is 3.89. The fraction of sp³-hybridized carbons (Fsp3) is 0.500. The highest BCUT2D eigenvalue weighted by atomic mass is 16.6. The number of nitro benzene ring substituents is 1. The first-order valence-corrected chi connectivity index (χ1v) is 6.81. The van der Waals surface area contributed by atoms with Crippen molar-refractivity contribution in [1.29, 1.82) is 5.26 Å². The maximum atomic E-state index is 10.8. The molecule has 106 valence electrons. The molecule has 0 radical (unpaired) electrons. The molecule has 1 unspecified atom stereocenters. The highest BCUT2D eigenvalue weighted by Crippen LogP contribution is 2.30. The number of nitrogens with zero attached hydrogens (tertiary/aromatic N) is 2. The predicted molar refractivity (Wildman–Crippen MR) is 76.2 cm³/mol. The van der Waals surface area contributed by atoms with Crippen LogP contribution < -0.4 is 11.1 Å². The van der Waals surface area contributed by atoms with Crippen molar-refractivity contribution in [2.75, 3.05) is 11.9 Å². The zero-order valence-corrected chi connectivity index (χ0v) is 11.2. The van der Waals surface area contributed by atoms with Crippen LogP contribution in [0.2, 0.25) is 0 Å². The highest BCUT2D eigenvalue weighted by Gasteiger charge is 2.24. The van der Waals surface area contributed by atoms with Crippen molar-refractivity contribution >= 4 is 11.4 Å². The van der Waals surface area contributed by atoms with Crippen molar-refractivity contribution in [3.8, 4) is 6.07 Å². The number of nitrogens with two attached hydrogens (primary N) is 1. The first kappa shape index (κ1) is 14.3. The number of benzene rings is 1. The lowest BCUT2D eigenvalue weighted by Crippen LogP contribution is -2.35. The van der Waals surface area contributed by atoms with E-state index in [1.54, 1.807) is 6.07 Å². The van der Waals surface area contributed by atoms with E-state index in [4.69, 9.17) is 11.0 Å². The molecule has 6 nitrogen and oxygen atoms in total. The monoisotopic (exact) mass is 274 g/mol. The Bertz CT molecular complexity index is 532. The van der Waals surface area contributed by atoms with Gasteiger partial charge in [-0.25, -0.2) is 0 Å². The van der Waals surface area contributed by atoms with Crippen molar-refractivity contribution in [2.24, 2.45) is 11.7 Å². The van der Waals surface area contributed by atoms with E-state index in [-0.39, 0.29) is 17.3 Å². The Balaban J connectivity index is 2.16. The third-order valence-electron chi connectivity index (χ3n) is 3.89. The molecule has 2 rings (SSSR count). The van der Waals surface area contributed by atoms with Gasteiger partial charge >= 0.3 is 0 Å². The van der Waals surface area contributed by atoms with E-state index in [9.17, 15) is 10.1 Å². The number of nitro groups is 1. The Labute approximate surface area is 117 Å². The molecule has 0 amide bonds. The predicted octanol–water partition coefficient (Wildman–Crippen LogP) is 2.40. The van der Waals surface area contributed by atoms with Gasteiger partial charge in [-0.05, 0) is 30.9 Å². The van der Waals surface area contributed by atoms with Crippen LogP contribution in [0, 0.1) is 27.4 Å². The normalized spacial score (nSPS) is 16.6. The van der Waals surface area contributed by atoms with Gasteiger partial charge in [0.15, 0.2) is 0 Å². The van der Waals surface area contributed by atoms with Crippen molar-refractivity contribution in [2.45, 2.75) is 31.7 Å². The van der Waals surface area contributed by atoms with Gasteiger partial charge in [-0.3, -0.25) is 10.1 Å². The SMILES string of the molecule is N#Cc1cc(NC(CN)C2CCCC2)ccc1[N+](=O)[O-]. The molecule has 0 saturated heterocycles. The van der Waals surface area contributed by atoms with Gasteiger partial charge in [0.05, 0.1) is 4.92 Å². The van der Waals surface area contributed by atoms with Crippen LogP contribution in [0.5, 0.6) is 0 Å². The number of hydrogen-bond donors (Lipinski definition) is 2. The van der Waals surface area contributed by atoms with E-state index < -0.39 is 4.92 Å². The van der Waals surface area contributed by atoms with E-state index in [0.717, 1.165) is 18.5 Å². The Morgan fingerprint density at radius 3 is 2.75 bits per heavy atom. The molecular formula is C14H18N4O2. The van der Waals surface area contributed by atoms with E-state index in [1.807, 2.05) is 6.07 Å². The molecule has 1 aliphatic rings. The third kappa shape index (κ3) is 3.06. The van der Waals surface area contributed by atoms with Crippen molar-refractivity contribution in [3.05, 3.63) is 33.9 Å². The van der Waals surface area contributed by atoms with E-state index in [2.05, 4.69) is 5.32 Å². The van der Waals surface area contributed by atoms with Crippen molar-refractivity contribution in [1.82, 2.24) is 0 Å². The summed E-state index contributed by atoms with van der Waals surface area (Å²) in [7, 11) is 0. The summed E-state index contributed by atoms with van der Waals surface area (Å²) in [5, 5.41) is 23.1. The molecule has 1 aromatic rings. The van der Waals surface area contributed by atoms with Gasteiger partial charge < -0.3 is 11.1 Å². The zero-order chi connectivity index (χ0) is 14.5. The Kier molecular flexibility index (Phi) is 4.53. The zero-order valence-electron chi connectivity index (χ0n) is 11.2. The number of nitriles is 1. The molecule has 1 saturated carbocycles. The summed E-state index contributed by atoms with van der Waals surface area (Å²) >= 11 is 0. The van der Waals surface area contributed by atoms with E-state index in [0.29, 0.717) is 12.5 Å². The lowest BCUT2D eigenvalue weighted by molar-refractivity contribution is -0.385. The molecule has 1 atom stereocenters. The van der Waals surface area contributed by atoms with Gasteiger partial charge in [-0.2, -0.15) is 5.26 Å². The lowest BCUT2D eigenvalue weighted by atomic mass is 9.97. The van der Waals surface area contributed by atoms with Crippen LogP contribution >= 0.6 is 0 Å². The van der Waals surface area contributed by atoms with Crippen LogP contribution in [0.1, 0.15) is 31.2 Å². The summed E-state index contributed by atoms with van der Waals surface area (Å²) in [6.07, 6.45) is 4.78. The van der Waals surface area contributed by atoms with Gasteiger partial charge in [0, 0.05) is 24.3 Å². The molecule has 20 heavy (non-hydrogen) atoms. The Morgan fingerprint density at radius 2 is 2.20 bits per heavy atom. The molecule has 0 heterocycles. The quantitative estimate of drug-likeness (QED) is 0.633. The van der Waals surface area contributed by atoms with Crippen LogP contribution in [0.25, 0.3) is 0 Å². The fourth-order valence-electron chi connectivity index (χ4n) is 2.82. The Hall–Kier alpha value is -2.13. The summed E-state index contributed by atoms with van der Waals surface area (Å²) in [6, 6.07) is 6.55. The van der Waals surface area contributed by atoms with Crippen LogP contribution in [0.3, 0.4) is 0 Å². The second kappa shape index (κ2) is 6.35. The minimum Gasteiger partial charge on any atom is -0.381 e. The second-order valence-corrected chi connectivity index (χ2v) is 5.13. The summed E-state index contributed by atoms with van der Waals surface area (Å²) in [6.45, 7) is 0.517. The van der Waals surface area contributed by atoms with Gasteiger partial charge in [0.2, 0.25) is 0 Å². The average Bonchev–Trinajstić information content (AvgIpc) is 2.98. The molecule has 1 aromatic carbocycles. The molecule has 3 N–H and O–H groups in total. The largest absolute Gasteiger partial charge is 0.381 e. The fourth-order valence-corrected chi connectivity index (χ4v) is 2.82. The molecule has 6 heteroatoms. The highest BCUT2D eigenvalue weighted by molar-refractivity contribution is 5.59. The summed E-state index contributed by atoms with van der Waals surface area (Å²) in [5.41, 5.74) is 6.44. The number of nitrogens with one attached hydrogen (secondary N) is 1. The number of hydrogen-bond acceptors (Lipinski definition) is 5. The Morgan fingerprint density at radius 1 is 1.50 bits per heavy atom. The van der Waals surface area contributed by atoms with Crippen LogP contribution in [-0.2, 0) is 0 Å². The maximum absolute atomic E-state index is 10.8. The molecule has 0 aliphatic heterocycles. The topological polar surface area (TPSA) is 105 Å². The molecule has 1 aliphatic carbocycles. The minimum absolute atomic E-state index is 0.0715. The van der Waals surface area contributed by atoms with Gasteiger partial charge in [0.1, 0.15) is 11.6 Å². The molecule has 0 aromatic heterocycles. The van der Waals surface area contributed by atoms with Gasteiger partial charge in [-0.15, -0.1) is 0 Å². The molecule has 0 bridgehead atoms. The van der Waals surface area contributed by atoms with Crippen LogP contribution in [0.4, 0.5) is 11.4 Å². The molecule has 1 fully saturated rings. The second-order valence-electron chi connectivity index (χ2n) is 5.13. The summed E-state index contributed by atoms with van der Waals surface area (Å²) < 4.78 is 0. The minimum atomic E-state index is -0.542. The standard InChI is InChI=1S/C14H18N4O2/c15-8-11-7-12(5-6-14(11)18(19)20)17-13(9-16)10-3-1-2-4-10/h5-7,10,13,17H,1-4,9,16H2. The maximum Gasteiger partial charge on any atom is 0.287 e. The van der Waals surface area contributed by atoms with Gasteiger partial charge in [0.25, 0.3) is 5.69 Å². The molecule has 0 spiro atoms. The van der Waals surface area contributed by atoms with Crippen molar-refractivity contribution in [3.63, 3.8) is 0 Å². The van der Waals surface area contributed by atoms with E-state index in [1.165, 1.54) is 25.0 Å². The summed E-state index contributed by atoms with van der Waals surface area (Å²) in [4.78, 5) is 10.3. The van der Waals surface area contributed by atoms with Crippen LogP contribution in [0.15, 0.2) is 18.2 Å². The molecular weight excluding hydrogens is 256 g/mol. The lowest BCUT2D eigenvalue weighted by Gasteiger charge is -2.24. The van der Waals surface area contributed by atoms with Gasteiger partial charge in [-0.1, -0.05) is 12.8 Å². The first-order chi connectivity index (χ1) is 9.65. The summed E-state index contributed by atoms with van der Waals surface area (Å²) in [5.74, 6) is 0.542. The first-order valence-electron chi connectivity index (χ1n) is 6.81. The van der Waals surface area contributed by atoms with Crippen molar-refractivity contribution < 1.29 is 4.92 Å². The number of rotatable bonds is 5. The average molecular weight is 274 g/mol.